The zero-order valence-electron chi connectivity index (χ0n) is 11.6. The fourth-order valence-corrected chi connectivity index (χ4v) is 2.52. The summed E-state index contributed by atoms with van der Waals surface area (Å²) in [6.45, 7) is 3.39. The van der Waals surface area contributed by atoms with Crippen molar-refractivity contribution in [1.82, 2.24) is 5.32 Å². The van der Waals surface area contributed by atoms with Crippen LogP contribution in [0.1, 0.15) is 30.9 Å². The van der Waals surface area contributed by atoms with Crippen molar-refractivity contribution in [3.8, 4) is 0 Å². The van der Waals surface area contributed by atoms with Gasteiger partial charge in [-0.05, 0) is 25.3 Å². The van der Waals surface area contributed by atoms with Crippen LogP contribution >= 0.6 is 12.2 Å². The number of hydrogen-bond donors (Lipinski definition) is 2. The minimum absolute atomic E-state index is 0.0149. The summed E-state index contributed by atoms with van der Waals surface area (Å²) in [6, 6.07) is 7.45. The molecule has 5 heteroatoms. The first kappa shape index (κ1) is 14.9. The van der Waals surface area contributed by atoms with Gasteiger partial charge in [-0.15, -0.1) is 0 Å². The van der Waals surface area contributed by atoms with E-state index < -0.39 is 0 Å². The number of carbonyl (C=O) groups excluding carboxylic acids is 1. The number of rotatable bonds is 4. The number of nitrogens with two attached hydrogens (primary N) is 1. The van der Waals surface area contributed by atoms with Gasteiger partial charge in [-0.2, -0.15) is 0 Å². The third kappa shape index (κ3) is 4.02. The molecule has 0 aromatic heterocycles. The molecule has 1 amide bonds. The van der Waals surface area contributed by atoms with Gasteiger partial charge in [0.25, 0.3) is 0 Å². The lowest BCUT2D eigenvalue weighted by molar-refractivity contribution is -0.124. The van der Waals surface area contributed by atoms with Crippen LogP contribution in [0.3, 0.4) is 0 Å². The molecule has 4 nitrogen and oxygen atoms in total. The molecule has 1 atom stereocenters. The highest BCUT2D eigenvalue weighted by molar-refractivity contribution is 7.80. The minimum Gasteiger partial charge on any atom is -0.389 e. The first-order valence-corrected chi connectivity index (χ1v) is 7.17. The van der Waals surface area contributed by atoms with Crippen LogP contribution in [-0.2, 0) is 16.0 Å². The summed E-state index contributed by atoms with van der Waals surface area (Å²) >= 11 is 4.90. The lowest BCUT2D eigenvalue weighted by Crippen LogP contribution is -2.52. The highest BCUT2D eigenvalue weighted by Gasteiger charge is 2.29. The van der Waals surface area contributed by atoms with Crippen LogP contribution in [0.25, 0.3) is 0 Å². The van der Waals surface area contributed by atoms with E-state index in [0.29, 0.717) is 18.0 Å². The van der Waals surface area contributed by atoms with Gasteiger partial charge in [0.1, 0.15) is 4.99 Å². The molecule has 1 aromatic carbocycles. The number of thiocarbonyl (C=S) groups is 1. The SMILES string of the molecule is CC1(NC(=O)Cc2ccc(C(N)=S)cc2)CCCOC1. The van der Waals surface area contributed by atoms with Crippen molar-refractivity contribution in [3.63, 3.8) is 0 Å². The molecule has 1 aliphatic heterocycles. The van der Waals surface area contributed by atoms with E-state index in [1.54, 1.807) is 0 Å². The third-order valence-electron chi connectivity index (χ3n) is 3.48. The topological polar surface area (TPSA) is 64.4 Å². The average Bonchev–Trinajstić information content (AvgIpc) is 2.39. The van der Waals surface area contributed by atoms with Crippen molar-refractivity contribution >= 4 is 23.1 Å². The van der Waals surface area contributed by atoms with E-state index in [1.807, 2.05) is 31.2 Å². The Hall–Kier alpha value is -1.46. The second-order valence-electron chi connectivity index (χ2n) is 5.50. The monoisotopic (exact) mass is 292 g/mol. The molecule has 3 N–H and O–H groups in total. The summed E-state index contributed by atoms with van der Waals surface area (Å²) in [5.41, 5.74) is 7.07. The van der Waals surface area contributed by atoms with Gasteiger partial charge in [0.05, 0.1) is 18.6 Å². The normalized spacial score (nSPS) is 22.2. The highest BCUT2D eigenvalue weighted by atomic mass is 32.1. The maximum absolute atomic E-state index is 12.1. The van der Waals surface area contributed by atoms with Crippen molar-refractivity contribution in [2.45, 2.75) is 31.7 Å². The first-order chi connectivity index (χ1) is 9.48. The van der Waals surface area contributed by atoms with E-state index in [4.69, 9.17) is 22.7 Å². The van der Waals surface area contributed by atoms with Crippen molar-refractivity contribution in [3.05, 3.63) is 35.4 Å². The molecule has 2 rings (SSSR count). The van der Waals surface area contributed by atoms with E-state index in [9.17, 15) is 4.79 Å². The predicted octanol–water partition coefficient (Wildman–Crippen LogP) is 1.55. The van der Waals surface area contributed by atoms with Gasteiger partial charge in [0.15, 0.2) is 0 Å². The fourth-order valence-electron chi connectivity index (χ4n) is 2.39. The summed E-state index contributed by atoms with van der Waals surface area (Å²) in [6.07, 6.45) is 2.30. The Morgan fingerprint density at radius 2 is 2.15 bits per heavy atom. The van der Waals surface area contributed by atoms with Crippen molar-refractivity contribution in [2.24, 2.45) is 5.73 Å². The van der Waals surface area contributed by atoms with Crippen LogP contribution in [0, 0.1) is 0 Å². The Morgan fingerprint density at radius 1 is 1.45 bits per heavy atom. The molecule has 1 saturated heterocycles. The molecule has 20 heavy (non-hydrogen) atoms. The van der Waals surface area contributed by atoms with Crippen LogP contribution in [0.5, 0.6) is 0 Å². The number of nitrogens with one attached hydrogen (secondary N) is 1. The van der Waals surface area contributed by atoms with Gasteiger partial charge in [-0.25, -0.2) is 0 Å². The number of amides is 1. The van der Waals surface area contributed by atoms with Gasteiger partial charge in [-0.3, -0.25) is 4.79 Å². The van der Waals surface area contributed by atoms with Gasteiger partial charge in [-0.1, -0.05) is 36.5 Å². The number of hydrogen-bond acceptors (Lipinski definition) is 3. The van der Waals surface area contributed by atoms with Crippen molar-refractivity contribution in [1.29, 1.82) is 0 Å². The van der Waals surface area contributed by atoms with E-state index in [-0.39, 0.29) is 11.4 Å². The molecule has 0 saturated carbocycles. The Kier molecular flexibility index (Phi) is 4.73. The molecule has 1 aliphatic rings. The van der Waals surface area contributed by atoms with Crippen LogP contribution in [0.4, 0.5) is 0 Å². The highest BCUT2D eigenvalue weighted by Crippen LogP contribution is 2.18. The molecular formula is C15H20N2O2S. The van der Waals surface area contributed by atoms with Crippen LogP contribution in [-0.4, -0.2) is 29.6 Å². The molecule has 0 aliphatic carbocycles. The molecule has 1 unspecified atom stereocenters. The Bertz CT molecular complexity index is 493. The van der Waals surface area contributed by atoms with Gasteiger partial charge in [0.2, 0.25) is 5.91 Å². The molecular weight excluding hydrogens is 272 g/mol. The smallest absolute Gasteiger partial charge is 0.224 e. The summed E-state index contributed by atoms with van der Waals surface area (Å²) < 4.78 is 5.44. The molecule has 1 aromatic rings. The van der Waals surface area contributed by atoms with E-state index in [1.165, 1.54) is 0 Å². The van der Waals surface area contributed by atoms with Crippen LogP contribution in [0.15, 0.2) is 24.3 Å². The molecule has 1 fully saturated rings. The molecule has 108 valence electrons. The number of ether oxygens (including phenoxy) is 1. The molecule has 0 spiro atoms. The molecule has 1 heterocycles. The minimum atomic E-state index is -0.242. The standard InChI is InChI=1S/C15H20N2O2S/c1-15(7-2-8-19-10-15)17-13(18)9-11-3-5-12(6-4-11)14(16)20/h3-6H,2,7-10H2,1H3,(H2,16,20)(H,17,18). The second kappa shape index (κ2) is 6.33. The zero-order chi connectivity index (χ0) is 14.6. The van der Waals surface area contributed by atoms with Crippen molar-refractivity contribution in [2.75, 3.05) is 13.2 Å². The zero-order valence-corrected chi connectivity index (χ0v) is 12.5. The second-order valence-corrected chi connectivity index (χ2v) is 5.94. The van der Waals surface area contributed by atoms with E-state index in [2.05, 4.69) is 5.32 Å². The fraction of sp³-hybridized carbons (Fsp3) is 0.467. The lowest BCUT2D eigenvalue weighted by Gasteiger charge is -2.34. The average molecular weight is 292 g/mol. The van der Waals surface area contributed by atoms with Crippen molar-refractivity contribution < 1.29 is 9.53 Å². The molecule has 0 radical (unpaired) electrons. The predicted molar refractivity (Wildman–Crippen MR) is 82.6 cm³/mol. The van der Waals surface area contributed by atoms with Gasteiger partial charge in [0, 0.05) is 12.2 Å². The third-order valence-corrected chi connectivity index (χ3v) is 3.72. The Morgan fingerprint density at radius 3 is 2.70 bits per heavy atom. The maximum atomic E-state index is 12.1. The van der Waals surface area contributed by atoms with Crippen LogP contribution in [0.2, 0.25) is 0 Å². The Balaban J connectivity index is 1.92. The summed E-state index contributed by atoms with van der Waals surface area (Å²) in [7, 11) is 0. The van der Waals surface area contributed by atoms with E-state index >= 15 is 0 Å². The van der Waals surface area contributed by atoms with Gasteiger partial charge >= 0.3 is 0 Å². The number of benzene rings is 1. The first-order valence-electron chi connectivity index (χ1n) is 6.76. The lowest BCUT2D eigenvalue weighted by atomic mass is 9.94. The summed E-state index contributed by atoms with van der Waals surface area (Å²) in [5.74, 6) is 0.0149. The van der Waals surface area contributed by atoms with Crippen LogP contribution < -0.4 is 11.1 Å². The largest absolute Gasteiger partial charge is 0.389 e. The quantitative estimate of drug-likeness (QED) is 0.827. The summed E-state index contributed by atoms with van der Waals surface area (Å²) in [5, 5.41) is 3.07. The molecule has 0 bridgehead atoms. The number of carbonyl (C=O) groups is 1. The van der Waals surface area contributed by atoms with E-state index in [0.717, 1.165) is 30.6 Å². The Labute approximate surface area is 124 Å². The van der Waals surface area contributed by atoms with Gasteiger partial charge < -0.3 is 15.8 Å². The summed E-state index contributed by atoms with van der Waals surface area (Å²) in [4.78, 5) is 12.5. The maximum Gasteiger partial charge on any atom is 0.224 e.